The number of nitrogens with one attached hydrogen (secondary N) is 3. The van der Waals surface area contributed by atoms with E-state index < -0.39 is 36.3 Å². The van der Waals surface area contributed by atoms with Gasteiger partial charge in [0.25, 0.3) is 12.0 Å². The van der Waals surface area contributed by atoms with E-state index in [1.165, 1.54) is 12.3 Å². The third kappa shape index (κ3) is 5.77. The molecule has 31 heavy (non-hydrogen) atoms. The van der Waals surface area contributed by atoms with Crippen molar-refractivity contribution in [2.75, 3.05) is 11.9 Å². The maximum absolute atomic E-state index is 13.4. The predicted molar refractivity (Wildman–Crippen MR) is 105 cm³/mol. The number of hydrogen-bond acceptors (Lipinski definition) is 5. The minimum absolute atomic E-state index is 0.151. The van der Waals surface area contributed by atoms with Crippen molar-refractivity contribution >= 4 is 17.5 Å². The summed E-state index contributed by atoms with van der Waals surface area (Å²) < 4.78 is 39.5. The Labute approximate surface area is 176 Å². The van der Waals surface area contributed by atoms with Crippen LogP contribution in [-0.2, 0) is 9.59 Å². The first-order chi connectivity index (χ1) is 14.8. The van der Waals surface area contributed by atoms with Gasteiger partial charge in [0, 0.05) is 18.7 Å². The van der Waals surface area contributed by atoms with E-state index in [1.54, 1.807) is 0 Å². The summed E-state index contributed by atoms with van der Waals surface area (Å²) in [4.78, 5) is 37.5. The molecule has 0 radical (unpaired) electrons. The maximum atomic E-state index is 13.4. The van der Waals surface area contributed by atoms with Crippen LogP contribution in [0.3, 0.4) is 0 Å². The van der Waals surface area contributed by atoms with Gasteiger partial charge in [-0.3, -0.25) is 14.4 Å². The summed E-state index contributed by atoms with van der Waals surface area (Å²) in [7, 11) is 0. The Bertz CT molecular complexity index is 912. The van der Waals surface area contributed by atoms with Gasteiger partial charge in [0.2, 0.25) is 18.1 Å². The quantitative estimate of drug-likeness (QED) is 0.480. The number of aromatic nitrogens is 1. The van der Waals surface area contributed by atoms with Crippen LogP contribution in [0.25, 0.3) is 0 Å². The van der Waals surface area contributed by atoms with Crippen molar-refractivity contribution < 1.29 is 22.8 Å². The fourth-order valence-electron chi connectivity index (χ4n) is 3.66. The normalized spacial score (nSPS) is 21.1. The van der Waals surface area contributed by atoms with Gasteiger partial charge in [-0.05, 0) is 37.3 Å². The lowest BCUT2D eigenvalue weighted by Gasteiger charge is -2.23. The van der Waals surface area contributed by atoms with Crippen LogP contribution in [0.2, 0.25) is 0 Å². The molecule has 2 unspecified atom stereocenters. The number of nitriles is 1. The highest BCUT2D eigenvalue weighted by molar-refractivity contribution is 5.82. The Hall–Kier alpha value is -3.03. The van der Waals surface area contributed by atoms with E-state index in [0.717, 1.165) is 23.5 Å². The second kappa shape index (κ2) is 9.85. The van der Waals surface area contributed by atoms with Gasteiger partial charge < -0.3 is 20.5 Å². The molecule has 4 atom stereocenters. The zero-order valence-electron chi connectivity index (χ0n) is 16.7. The van der Waals surface area contributed by atoms with Crippen molar-refractivity contribution in [3.05, 3.63) is 28.7 Å². The Kier molecular flexibility index (Phi) is 7.20. The molecule has 2 aliphatic rings. The fraction of sp³-hybridized carbons (Fsp3) is 0.600. The smallest absolute Gasteiger partial charge is 0.287 e. The third-order valence-electron chi connectivity index (χ3n) is 5.54. The highest BCUT2D eigenvalue weighted by Crippen LogP contribution is 2.36. The zero-order chi connectivity index (χ0) is 22.5. The molecule has 0 bridgehead atoms. The van der Waals surface area contributed by atoms with Crippen LogP contribution in [0.15, 0.2) is 23.1 Å². The molecular weight excluding hydrogens is 415 g/mol. The number of halogens is 3. The van der Waals surface area contributed by atoms with Gasteiger partial charge in [0.05, 0.1) is 6.07 Å². The lowest BCUT2D eigenvalue weighted by molar-refractivity contribution is -0.126. The van der Waals surface area contributed by atoms with Crippen molar-refractivity contribution in [1.82, 2.24) is 15.2 Å². The number of alkyl halides is 3. The average molecular weight is 439 g/mol. The summed E-state index contributed by atoms with van der Waals surface area (Å²) in [5.74, 6) is -0.908. The number of hydrogen-bond donors (Lipinski definition) is 3. The number of rotatable bonds is 10. The standard InChI is InChI=1S/C20H24F3N5O3/c21-16(22)17(23)27-14-2-1-7-28(20(14)31)15(8-11-3-4-11)19(30)26-13(10-24)9-12-5-6-25-18(12)29/h1-2,7,11-13,15-17,27H,3-6,8-9H2,(H,25,29)(H,26,30)/t12-,13-,15?,17?/m0/s1. The van der Waals surface area contributed by atoms with Crippen LogP contribution < -0.4 is 21.5 Å². The molecule has 2 amide bonds. The van der Waals surface area contributed by atoms with Gasteiger partial charge in [0.1, 0.15) is 17.8 Å². The molecule has 0 spiro atoms. The molecule has 0 aromatic carbocycles. The monoisotopic (exact) mass is 439 g/mol. The number of amides is 2. The van der Waals surface area contributed by atoms with Crippen LogP contribution in [0.4, 0.5) is 18.9 Å². The maximum Gasteiger partial charge on any atom is 0.287 e. The number of nitrogens with zero attached hydrogens (tertiary/aromatic N) is 2. The molecule has 1 aromatic heterocycles. The van der Waals surface area contributed by atoms with Crippen LogP contribution in [0.1, 0.15) is 38.1 Å². The second-order valence-electron chi connectivity index (χ2n) is 7.91. The van der Waals surface area contributed by atoms with Crippen LogP contribution in [0.5, 0.6) is 0 Å². The van der Waals surface area contributed by atoms with E-state index in [-0.39, 0.29) is 29.9 Å². The molecule has 1 saturated carbocycles. The first-order valence-corrected chi connectivity index (χ1v) is 10.2. The van der Waals surface area contributed by atoms with Crippen molar-refractivity contribution in [2.45, 2.75) is 56.9 Å². The molecule has 2 fully saturated rings. The first kappa shape index (κ1) is 22.7. The molecule has 1 aliphatic heterocycles. The molecular formula is C20H24F3N5O3. The number of anilines is 1. The van der Waals surface area contributed by atoms with Gasteiger partial charge in [-0.15, -0.1) is 0 Å². The van der Waals surface area contributed by atoms with E-state index >= 15 is 0 Å². The summed E-state index contributed by atoms with van der Waals surface area (Å²) >= 11 is 0. The molecule has 1 saturated heterocycles. The van der Waals surface area contributed by atoms with E-state index in [2.05, 4.69) is 10.6 Å². The summed E-state index contributed by atoms with van der Waals surface area (Å²) in [6.45, 7) is 0.517. The average Bonchev–Trinajstić information content (AvgIpc) is 3.47. The van der Waals surface area contributed by atoms with Crippen LogP contribution in [-0.4, -0.2) is 41.7 Å². The number of carbonyl (C=O) groups excluding carboxylic acids is 2. The Morgan fingerprint density at radius 3 is 2.58 bits per heavy atom. The number of pyridine rings is 1. The Morgan fingerprint density at radius 1 is 1.26 bits per heavy atom. The van der Waals surface area contributed by atoms with E-state index in [9.17, 15) is 32.8 Å². The Morgan fingerprint density at radius 2 is 2.00 bits per heavy atom. The van der Waals surface area contributed by atoms with Crippen LogP contribution >= 0.6 is 0 Å². The Balaban J connectivity index is 1.78. The molecule has 1 aliphatic carbocycles. The minimum Gasteiger partial charge on any atom is -0.356 e. The summed E-state index contributed by atoms with van der Waals surface area (Å²) in [6.07, 6.45) is -1.88. The summed E-state index contributed by atoms with van der Waals surface area (Å²) in [6, 6.07) is 2.59. The molecule has 11 heteroatoms. The first-order valence-electron chi connectivity index (χ1n) is 10.2. The molecule has 3 N–H and O–H groups in total. The van der Waals surface area contributed by atoms with Crippen molar-refractivity contribution in [3.8, 4) is 6.07 Å². The number of carbonyl (C=O) groups is 2. The summed E-state index contributed by atoms with van der Waals surface area (Å²) in [5.41, 5.74) is -1.20. The van der Waals surface area contributed by atoms with E-state index in [4.69, 9.17) is 0 Å². The summed E-state index contributed by atoms with van der Waals surface area (Å²) in [5, 5.41) is 16.5. The SMILES string of the molecule is N#C[C@H](C[C@@H]1CCNC1=O)NC(=O)C(CC1CC1)n1cccc(NC(F)C(F)F)c1=O. The van der Waals surface area contributed by atoms with Gasteiger partial charge in [0.15, 0.2) is 0 Å². The topological polar surface area (TPSA) is 116 Å². The molecule has 3 rings (SSSR count). The van der Waals surface area contributed by atoms with Crippen molar-refractivity contribution in [3.63, 3.8) is 0 Å². The second-order valence-corrected chi connectivity index (χ2v) is 7.91. The zero-order valence-corrected chi connectivity index (χ0v) is 16.7. The van der Waals surface area contributed by atoms with Crippen molar-refractivity contribution in [2.24, 2.45) is 11.8 Å². The highest BCUT2D eigenvalue weighted by Gasteiger charge is 2.34. The molecule has 168 valence electrons. The van der Waals surface area contributed by atoms with E-state index in [1.807, 2.05) is 11.4 Å². The van der Waals surface area contributed by atoms with Crippen molar-refractivity contribution in [1.29, 1.82) is 5.26 Å². The largest absolute Gasteiger partial charge is 0.356 e. The van der Waals surface area contributed by atoms with Gasteiger partial charge in [-0.1, -0.05) is 12.8 Å². The molecule has 2 heterocycles. The van der Waals surface area contributed by atoms with Gasteiger partial charge in [-0.25, -0.2) is 13.2 Å². The van der Waals surface area contributed by atoms with Gasteiger partial charge in [-0.2, -0.15) is 5.26 Å². The predicted octanol–water partition coefficient (Wildman–Crippen LogP) is 1.70. The highest BCUT2D eigenvalue weighted by atomic mass is 19.3. The van der Waals surface area contributed by atoms with Gasteiger partial charge >= 0.3 is 0 Å². The lowest BCUT2D eigenvalue weighted by Crippen LogP contribution is -2.43. The minimum atomic E-state index is -3.32. The molecule has 1 aromatic rings. The molecule has 8 nitrogen and oxygen atoms in total. The van der Waals surface area contributed by atoms with E-state index in [0.29, 0.717) is 19.4 Å². The third-order valence-corrected chi connectivity index (χ3v) is 5.54. The lowest BCUT2D eigenvalue weighted by atomic mass is 9.98. The van der Waals surface area contributed by atoms with Crippen LogP contribution in [0, 0.1) is 23.2 Å². The fourth-order valence-corrected chi connectivity index (χ4v) is 3.66.